The molecular weight excluding hydrogens is 366 g/mol. The van der Waals surface area contributed by atoms with Crippen molar-refractivity contribution < 1.29 is 88.4 Å². The van der Waals surface area contributed by atoms with Gasteiger partial charge in [0, 0.05) is 4.83 Å². The van der Waals surface area contributed by atoms with E-state index >= 15 is 0 Å². The van der Waals surface area contributed by atoms with Gasteiger partial charge in [-0.3, -0.25) is 0 Å². The molecule has 0 saturated carbocycles. The minimum absolute atomic E-state index is 0. The van der Waals surface area contributed by atoms with E-state index in [9.17, 15) is 19.8 Å². The number of hydrogen-bond donors (Lipinski definition) is 0. The molecule has 0 spiro atoms. The Labute approximate surface area is 173 Å². The van der Waals surface area contributed by atoms with Gasteiger partial charge in [0.05, 0.1) is 0 Å². The number of halogens is 1. The molecule has 0 saturated heterocycles. The molecular formula is C12H9BrNa2O6. The topological polar surface area (TPSA) is 98.7 Å². The molecule has 0 radical (unpaired) electrons. The normalized spacial score (nSPS) is 15.3. The zero-order valence-electron chi connectivity index (χ0n) is 11.8. The van der Waals surface area contributed by atoms with E-state index in [1.165, 1.54) is 12.1 Å². The molecule has 1 aliphatic heterocycles. The van der Waals surface area contributed by atoms with Crippen molar-refractivity contribution in [1.82, 2.24) is 0 Å². The second kappa shape index (κ2) is 8.19. The first-order valence-electron chi connectivity index (χ1n) is 5.43. The monoisotopic (exact) mass is 374 g/mol. The second-order valence-electron chi connectivity index (χ2n) is 4.16. The number of benzene rings is 1. The van der Waals surface area contributed by atoms with E-state index in [1.807, 2.05) is 6.92 Å². The zero-order chi connectivity index (χ0) is 14.2. The Bertz CT molecular complexity index is 535. The van der Waals surface area contributed by atoms with Gasteiger partial charge in [0.2, 0.25) is 0 Å². The van der Waals surface area contributed by atoms with Crippen LogP contribution in [0.1, 0.15) is 12.5 Å². The Morgan fingerprint density at radius 3 is 2.19 bits per heavy atom. The van der Waals surface area contributed by atoms with E-state index in [0.717, 1.165) is 5.56 Å². The number of carboxylic acids is 2. The van der Waals surface area contributed by atoms with Gasteiger partial charge in [-0.2, -0.15) is 0 Å². The summed E-state index contributed by atoms with van der Waals surface area (Å²) in [7, 11) is 0. The summed E-state index contributed by atoms with van der Waals surface area (Å²) in [6.45, 7) is 1.94. The zero-order valence-corrected chi connectivity index (χ0v) is 17.4. The molecule has 9 heteroatoms. The summed E-state index contributed by atoms with van der Waals surface area (Å²) in [5.41, 5.74) is 0.847. The van der Waals surface area contributed by atoms with Gasteiger partial charge in [-0.25, -0.2) is 0 Å². The first kappa shape index (κ1) is 21.2. The number of hydrogen-bond acceptors (Lipinski definition) is 6. The Morgan fingerprint density at radius 2 is 1.71 bits per heavy atom. The van der Waals surface area contributed by atoms with Gasteiger partial charge in [-0.05, 0) is 24.1 Å². The number of ether oxygens (including phenoxy) is 2. The fraction of sp³-hybridized carbons (Fsp3) is 0.333. The second-order valence-corrected chi connectivity index (χ2v) is 5.72. The molecule has 102 valence electrons. The number of carbonyl (C=O) groups excluding carboxylic acids is 2. The van der Waals surface area contributed by atoms with Gasteiger partial charge in [0.15, 0.2) is 11.5 Å². The summed E-state index contributed by atoms with van der Waals surface area (Å²) in [5, 5.41) is 21.8. The number of carboxylic acid groups (broad SMARTS) is 2. The van der Waals surface area contributed by atoms with Crippen molar-refractivity contribution in [2.75, 3.05) is 0 Å². The third-order valence-electron chi connectivity index (χ3n) is 2.57. The summed E-state index contributed by atoms with van der Waals surface area (Å²) in [6, 6.07) is 4.68. The molecule has 1 aromatic carbocycles. The van der Waals surface area contributed by atoms with Crippen LogP contribution >= 0.6 is 15.9 Å². The quantitative estimate of drug-likeness (QED) is 0.295. The Hall–Kier alpha value is 0.240. The van der Waals surface area contributed by atoms with E-state index in [2.05, 4.69) is 15.9 Å². The maximum Gasteiger partial charge on any atom is 1.00 e. The molecule has 21 heavy (non-hydrogen) atoms. The van der Waals surface area contributed by atoms with Crippen molar-refractivity contribution in [3.05, 3.63) is 23.8 Å². The van der Waals surface area contributed by atoms with Crippen molar-refractivity contribution >= 4 is 27.9 Å². The van der Waals surface area contributed by atoms with Crippen LogP contribution in [0, 0.1) is 0 Å². The van der Waals surface area contributed by atoms with Crippen molar-refractivity contribution in [2.45, 2.75) is 24.0 Å². The first-order chi connectivity index (χ1) is 8.85. The third-order valence-corrected chi connectivity index (χ3v) is 2.89. The average molecular weight is 375 g/mol. The van der Waals surface area contributed by atoms with Crippen LogP contribution in [0.2, 0.25) is 0 Å². The van der Waals surface area contributed by atoms with E-state index in [0.29, 0.717) is 6.42 Å². The van der Waals surface area contributed by atoms with Crippen LogP contribution < -0.4 is 78.8 Å². The predicted molar refractivity (Wildman–Crippen MR) is 62.5 cm³/mol. The van der Waals surface area contributed by atoms with Gasteiger partial charge in [-0.15, -0.1) is 0 Å². The summed E-state index contributed by atoms with van der Waals surface area (Å²) >= 11 is 3.38. The van der Waals surface area contributed by atoms with Gasteiger partial charge in [0.1, 0.15) is 11.9 Å². The van der Waals surface area contributed by atoms with Crippen molar-refractivity contribution in [1.29, 1.82) is 0 Å². The van der Waals surface area contributed by atoms with Gasteiger partial charge in [-0.1, -0.05) is 28.9 Å². The molecule has 0 aromatic heterocycles. The average Bonchev–Trinajstić information content (AvgIpc) is 2.68. The maximum atomic E-state index is 10.9. The predicted octanol–water partition coefficient (Wildman–Crippen LogP) is -7.01. The molecule has 0 amide bonds. The molecule has 1 aliphatic rings. The van der Waals surface area contributed by atoms with Crippen LogP contribution in [-0.2, 0) is 16.0 Å². The van der Waals surface area contributed by atoms with Gasteiger partial charge >= 0.3 is 64.9 Å². The van der Waals surface area contributed by atoms with Crippen LogP contribution in [0.3, 0.4) is 0 Å². The minimum Gasteiger partial charge on any atom is -0.542 e. The maximum absolute atomic E-state index is 10.9. The van der Waals surface area contributed by atoms with Crippen LogP contribution in [-0.4, -0.2) is 22.6 Å². The molecule has 0 unspecified atom stereocenters. The number of rotatable bonds is 4. The fourth-order valence-electron chi connectivity index (χ4n) is 1.75. The molecule has 0 aliphatic carbocycles. The van der Waals surface area contributed by atoms with Crippen LogP contribution in [0.4, 0.5) is 0 Å². The SMILES string of the molecule is C[C@@H](Br)Cc1ccc2c(c1)OC(C(=O)[O-])(C(=O)[O-])O2.[Na+].[Na+]. The van der Waals surface area contributed by atoms with Gasteiger partial charge in [0.25, 0.3) is 0 Å². The molecule has 0 N–H and O–H groups in total. The van der Waals surface area contributed by atoms with E-state index in [-0.39, 0.29) is 75.4 Å². The van der Waals surface area contributed by atoms with Crippen molar-refractivity contribution in [3.63, 3.8) is 0 Å². The smallest absolute Gasteiger partial charge is 0.542 e. The molecule has 6 nitrogen and oxygen atoms in total. The van der Waals surface area contributed by atoms with Crippen LogP contribution in [0.25, 0.3) is 0 Å². The number of alkyl halides is 1. The summed E-state index contributed by atoms with van der Waals surface area (Å²) in [4.78, 5) is 22.0. The number of fused-ring (bicyclic) bond motifs is 1. The molecule has 2 rings (SSSR count). The third kappa shape index (κ3) is 4.37. The van der Waals surface area contributed by atoms with E-state index in [1.54, 1.807) is 6.07 Å². The molecule has 1 heterocycles. The Balaban J connectivity index is 0.00000200. The number of aliphatic carboxylic acids is 2. The Kier molecular flexibility index (Phi) is 8.29. The van der Waals surface area contributed by atoms with Crippen LogP contribution in [0.15, 0.2) is 18.2 Å². The molecule has 1 aromatic rings. The standard InChI is InChI=1S/C12H11BrO6.2Na/c1-6(13)4-7-2-3-8-9(5-7)19-12(18-8,10(14)15)11(16)17;;/h2-3,5-6H,4H2,1H3,(H,14,15)(H,16,17);;/q;2*+1/p-2/t6-;;/m1../s1. The molecule has 1 atom stereocenters. The molecule has 0 bridgehead atoms. The van der Waals surface area contributed by atoms with Gasteiger partial charge < -0.3 is 29.3 Å². The van der Waals surface area contributed by atoms with E-state index in [4.69, 9.17) is 9.47 Å². The van der Waals surface area contributed by atoms with Crippen molar-refractivity contribution in [3.8, 4) is 11.5 Å². The summed E-state index contributed by atoms with van der Waals surface area (Å²) < 4.78 is 9.70. The first-order valence-corrected chi connectivity index (χ1v) is 6.34. The summed E-state index contributed by atoms with van der Waals surface area (Å²) in [5.74, 6) is -6.88. The summed E-state index contributed by atoms with van der Waals surface area (Å²) in [6.07, 6.45) is 0.667. The van der Waals surface area contributed by atoms with Crippen LogP contribution in [0.5, 0.6) is 11.5 Å². The van der Waals surface area contributed by atoms with E-state index < -0.39 is 17.7 Å². The minimum atomic E-state index is -2.92. The number of carbonyl (C=O) groups is 2. The fourth-order valence-corrected chi connectivity index (χ4v) is 2.12. The molecule has 0 fully saturated rings. The Morgan fingerprint density at radius 1 is 1.19 bits per heavy atom. The largest absolute Gasteiger partial charge is 1.00 e. The van der Waals surface area contributed by atoms with Crippen molar-refractivity contribution in [2.24, 2.45) is 0 Å².